The van der Waals surface area contributed by atoms with Crippen LogP contribution in [0.5, 0.6) is 0 Å². The van der Waals surface area contributed by atoms with E-state index >= 15 is 0 Å². The van der Waals surface area contributed by atoms with E-state index in [1.807, 2.05) is 0 Å². The Morgan fingerprint density at radius 2 is 1.85 bits per heavy atom. The normalized spacial score (nSPS) is 20.9. The average Bonchev–Trinajstić information content (AvgIpc) is 2.50. The van der Waals surface area contributed by atoms with Gasteiger partial charge in [-0.15, -0.1) is 0 Å². The van der Waals surface area contributed by atoms with E-state index in [-0.39, 0.29) is 25.0 Å². The Bertz CT molecular complexity index is 731. The summed E-state index contributed by atoms with van der Waals surface area (Å²) in [5.74, 6) is -3.98. The third-order valence-electron chi connectivity index (χ3n) is 4.07. The first kappa shape index (κ1) is 20.8. The highest BCUT2D eigenvalue weighted by atomic mass is 79.9. The van der Waals surface area contributed by atoms with Gasteiger partial charge in [0.15, 0.2) is 11.6 Å². The molecule has 1 aliphatic rings. The third-order valence-corrected chi connectivity index (χ3v) is 4.95. The number of carbonyl (C=O) groups is 1. The second-order valence-corrected chi connectivity index (χ2v) is 8.18. The largest absolute Gasteiger partial charge is 0.444 e. The average molecular weight is 436 g/mol. The van der Waals surface area contributed by atoms with Crippen molar-refractivity contribution >= 4 is 22.0 Å². The van der Waals surface area contributed by atoms with Crippen LogP contribution in [0, 0.1) is 17.5 Å². The molecule has 0 radical (unpaired) electrons. The van der Waals surface area contributed by atoms with Crippen LogP contribution in [-0.2, 0) is 4.74 Å². The van der Waals surface area contributed by atoms with Gasteiger partial charge in [-0.3, -0.25) is 0 Å². The summed E-state index contributed by atoms with van der Waals surface area (Å²) >= 11 is 3.34. The fraction of sp³-hybridized carbons (Fsp3) is 0.500. The minimum Gasteiger partial charge on any atom is -0.444 e. The Hall–Kier alpha value is -1.54. The molecule has 0 saturated heterocycles. The minimum absolute atomic E-state index is 0.0427. The Morgan fingerprint density at radius 1 is 1.23 bits per heavy atom. The molecular weight excluding hydrogens is 415 g/mol. The Morgan fingerprint density at radius 3 is 2.42 bits per heavy atom. The van der Waals surface area contributed by atoms with Crippen LogP contribution in [0.1, 0.15) is 45.1 Å². The highest BCUT2D eigenvalue weighted by Gasteiger charge is 2.34. The molecule has 0 aromatic heterocycles. The number of amides is 1. The number of ether oxygens (including phenoxy) is 1. The van der Waals surface area contributed by atoms with Crippen molar-refractivity contribution in [1.29, 1.82) is 0 Å². The molecule has 2 rings (SSSR count). The van der Waals surface area contributed by atoms with Gasteiger partial charge in [-0.25, -0.2) is 18.0 Å². The van der Waals surface area contributed by atoms with Crippen molar-refractivity contribution in [2.24, 2.45) is 0 Å². The summed E-state index contributed by atoms with van der Waals surface area (Å²) in [7, 11) is 0. The number of benzene rings is 1. The number of aliphatic hydroxyl groups excluding tert-OH is 1. The van der Waals surface area contributed by atoms with Crippen LogP contribution in [0.3, 0.4) is 0 Å². The molecule has 1 aromatic carbocycles. The first-order valence-electron chi connectivity index (χ1n) is 8.13. The lowest BCUT2D eigenvalue weighted by Gasteiger charge is -2.34. The lowest BCUT2D eigenvalue weighted by atomic mass is 9.80. The Balaban J connectivity index is 2.36. The predicted molar refractivity (Wildman–Crippen MR) is 94.5 cm³/mol. The minimum atomic E-state index is -1.27. The summed E-state index contributed by atoms with van der Waals surface area (Å²) in [6.07, 6.45) is -0.261. The maximum atomic E-state index is 14.3. The van der Waals surface area contributed by atoms with Gasteiger partial charge in [0.05, 0.1) is 6.61 Å². The first-order valence-corrected chi connectivity index (χ1v) is 8.92. The molecule has 0 heterocycles. The number of rotatable bonds is 3. The van der Waals surface area contributed by atoms with E-state index in [0.717, 1.165) is 6.07 Å². The molecule has 0 unspecified atom stereocenters. The second kappa shape index (κ2) is 8.00. The van der Waals surface area contributed by atoms with E-state index in [2.05, 4.69) is 21.2 Å². The molecule has 2 N–H and O–H groups in total. The Kier molecular flexibility index (Phi) is 6.39. The molecule has 26 heavy (non-hydrogen) atoms. The standard InChI is InChI=1S/C18H21BrF3NO3/c1-18(2,3)26-17(25)23-16-4-9(8-24)12(19)5-11(16)10-6-14(21)15(22)7-13(10)20/h6-7,11,16,24H,4-5,8H2,1-3H3,(H,23,25)/t11-,16+/m1/s1. The van der Waals surface area contributed by atoms with Crippen molar-refractivity contribution in [2.75, 3.05) is 6.61 Å². The SMILES string of the molecule is CC(C)(C)OC(=O)N[C@H]1CC(CO)=C(Br)C[C@@H]1c1cc(F)c(F)cc1F. The molecule has 0 fully saturated rings. The monoisotopic (exact) mass is 435 g/mol. The van der Waals surface area contributed by atoms with Crippen molar-refractivity contribution in [3.63, 3.8) is 0 Å². The number of aliphatic hydroxyl groups is 1. The molecule has 1 amide bonds. The number of hydrogen-bond donors (Lipinski definition) is 2. The summed E-state index contributed by atoms with van der Waals surface area (Å²) in [5.41, 5.74) is -0.123. The van der Waals surface area contributed by atoms with Gasteiger partial charge in [0.25, 0.3) is 0 Å². The quantitative estimate of drug-likeness (QED) is 0.686. The van der Waals surface area contributed by atoms with Gasteiger partial charge in [-0.1, -0.05) is 15.9 Å². The van der Waals surface area contributed by atoms with E-state index in [9.17, 15) is 23.1 Å². The van der Waals surface area contributed by atoms with Crippen LogP contribution in [0.4, 0.5) is 18.0 Å². The fourth-order valence-electron chi connectivity index (χ4n) is 2.91. The maximum Gasteiger partial charge on any atom is 0.407 e. The number of alkyl carbamates (subject to hydrolysis) is 1. The lowest BCUT2D eigenvalue weighted by Crippen LogP contribution is -2.44. The van der Waals surface area contributed by atoms with Gasteiger partial charge in [0.1, 0.15) is 11.4 Å². The molecular formula is C18H21BrF3NO3. The number of allylic oxidation sites excluding steroid dienone is 1. The number of carbonyl (C=O) groups excluding carboxylic acids is 1. The molecule has 1 aromatic rings. The van der Waals surface area contributed by atoms with Gasteiger partial charge in [-0.05, 0) is 55.3 Å². The second-order valence-electron chi connectivity index (χ2n) is 7.22. The zero-order chi connectivity index (χ0) is 19.6. The molecule has 144 valence electrons. The van der Waals surface area contributed by atoms with Crippen LogP contribution in [0.15, 0.2) is 22.2 Å². The summed E-state index contributed by atoms with van der Waals surface area (Å²) in [4.78, 5) is 12.1. The Labute approximate surface area is 158 Å². The molecule has 0 spiro atoms. The number of halogens is 4. The smallest absolute Gasteiger partial charge is 0.407 e. The number of hydrogen-bond acceptors (Lipinski definition) is 3. The van der Waals surface area contributed by atoms with Crippen molar-refractivity contribution < 1.29 is 27.8 Å². The van der Waals surface area contributed by atoms with Crippen LogP contribution in [-0.4, -0.2) is 29.4 Å². The van der Waals surface area contributed by atoms with E-state index in [1.54, 1.807) is 20.8 Å². The molecule has 0 aliphatic heterocycles. The van der Waals surface area contributed by atoms with E-state index in [1.165, 1.54) is 0 Å². The molecule has 0 bridgehead atoms. The predicted octanol–water partition coefficient (Wildman–Crippen LogP) is 4.52. The van der Waals surface area contributed by atoms with Gasteiger partial charge in [0, 0.05) is 18.0 Å². The highest BCUT2D eigenvalue weighted by Crippen LogP contribution is 2.40. The summed E-state index contributed by atoms with van der Waals surface area (Å²) in [6, 6.07) is 0.658. The number of nitrogens with one attached hydrogen (secondary N) is 1. The first-order chi connectivity index (χ1) is 12.0. The van der Waals surface area contributed by atoms with Crippen LogP contribution >= 0.6 is 15.9 Å². The molecule has 4 nitrogen and oxygen atoms in total. The van der Waals surface area contributed by atoms with Gasteiger partial charge < -0.3 is 15.2 Å². The van der Waals surface area contributed by atoms with Crippen molar-refractivity contribution in [1.82, 2.24) is 5.32 Å². The van der Waals surface area contributed by atoms with E-state index in [4.69, 9.17) is 4.74 Å². The molecule has 1 aliphatic carbocycles. The zero-order valence-corrected chi connectivity index (χ0v) is 16.3. The molecule has 0 saturated carbocycles. The zero-order valence-electron chi connectivity index (χ0n) is 14.7. The lowest BCUT2D eigenvalue weighted by molar-refractivity contribution is 0.0492. The highest BCUT2D eigenvalue weighted by molar-refractivity contribution is 9.11. The summed E-state index contributed by atoms with van der Waals surface area (Å²) in [6.45, 7) is 4.88. The van der Waals surface area contributed by atoms with Crippen LogP contribution < -0.4 is 5.32 Å². The molecule has 2 atom stereocenters. The molecule has 8 heteroatoms. The van der Waals surface area contributed by atoms with Crippen LogP contribution in [0.2, 0.25) is 0 Å². The van der Waals surface area contributed by atoms with Gasteiger partial charge in [0.2, 0.25) is 0 Å². The van der Waals surface area contributed by atoms with Gasteiger partial charge in [-0.2, -0.15) is 0 Å². The van der Waals surface area contributed by atoms with Crippen LogP contribution in [0.25, 0.3) is 0 Å². The topological polar surface area (TPSA) is 58.6 Å². The van der Waals surface area contributed by atoms with Crippen molar-refractivity contribution in [3.05, 3.63) is 45.2 Å². The maximum absolute atomic E-state index is 14.3. The van der Waals surface area contributed by atoms with E-state index < -0.39 is 41.1 Å². The van der Waals surface area contributed by atoms with E-state index in [0.29, 0.717) is 16.1 Å². The van der Waals surface area contributed by atoms with Crippen molar-refractivity contribution in [3.8, 4) is 0 Å². The fourth-order valence-corrected chi connectivity index (χ4v) is 3.54. The van der Waals surface area contributed by atoms with Gasteiger partial charge >= 0.3 is 6.09 Å². The van der Waals surface area contributed by atoms with Crippen molar-refractivity contribution in [2.45, 2.75) is 51.2 Å². The summed E-state index contributed by atoms with van der Waals surface area (Å²) in [5, 5.41) is 12.1. The summed E-state index contributed by atoms with van der Waals surface area (Å²) < 4.78 is 47.1. The third kappa shape index (κ3) is 5.01.